The summed E-state index contributed by atoms with van der Waals surface area (Å²) in [5, 5.41) is 0. The zero-order valence-electron chi connectivity index (χ0n) is 11.5. The Morgan fingerprint density at radius 3 is 2.73 bits per heavy atom. The zero-order chi connectivity index (χ0) is 15.6. The average molecular weight is 326 g/mol. The molecule has 1 aromatic rings. The normalized spacial score (nSPS) is 17.7. The summed E-state index contributed by atoms with van der Waals surface area (Å²) in [6.07, 6.45) is 1.54. The smallest absolute Gasteiger partial charge is 0.422 e. The Labute approximate surface area is 130 Å². The number of amidine groups is 1. The first-order chi connectivity index (χ1) is 10.5. The topological polar surface area (TPSA) is 24.8 Å². The molecule has 0 bridgehead atoms. The Morgan fingerprint density at radius 2 is 2.00 bits per heavy atom. The third-order valence-corrected chi connectivity index (χ3v) is 3.85. The van der Waals surface area contributed by atoms with E-state index in [-0.39, 0.29) is 5.75 Å². The van der Waals surface area contributed by atoms with Gasteiger partial charge >= 0.3 is 6.18 Å². The van der Waals surface area contributed by atoms with Gasteiger partial charge in [0.15, 0.2) is 6.61 Å². The summed E-state index contributed by atoms with van der Waals surface area (Å²) >= 11 is 1.51. The van der Waals surface area contributed by atoms with Crippen LogP contribution in [-0.2, 0) is 0 Å². The summed E-state index contributed by atoms with van der Waals surface area (Å²) in [7, 11) is 0. The lowest BCUT2D eigenvalue weighted by atomic mass is 10.0. The van der Waals surface area contributed by atoms with E-state index in [1.807, 2.05) is 18.4 Å². The molecule has 116 valence electrons. The quantitative estimate of drug-likeness (QED) is 0.788. The molecule has 0 amide bonds. The van der Waals surface area contributed by atoms with Gasteiger partial charge in [0.1, 0.15) is 11.6 Å². The minimum absolute atomic E-state index is 0.199. The molecule has 7 heteroatoms. The highest BCUT2D eigenvalue weighted by molar-refractivity contribution is 7.98. The molecular formula is C15H13F3N2OS. The van der Waals surface area contributed by atoms with E-state index in [4.69, 9.17) is 4.74 Å². The van der Waals surface area contributed by atoms with Gasteiger partial charge in [-0.05, 0) is 41.8 Å². The molecule has 0 aromatic heterocycles. The first-order valence-electron chi connectivity index (χ1n) is 6.68. The molecule has 0 saturated carbocycles. The van der Waals surface area contributed by atoms with Crippen molar-refractivity contribution >= 4 is 23.4 Å². The number of ether oxygens (including phenoxy) is 1. The summed E-state index contributed by atoms with van der Waals surface area (Å²) in [4.78, 5) is 2.07. The fraction of sp³-hybridized carbons (Fsp3) is 0.267. The second-order valence-corrected chi connectivity index (χ2v) is 5.64. The first-order valence-corrected chi connectivity index (χ1v) is 7.63. The molecule has 3 nitrogen and oxygen atoms in total. The minimum Gasteiger partial charge on any atom is -0.484 e. The van der Waals surface area contributed by atoms with E-state index in [0.29, 0.717) is 0 Å². The van der Waals surface area contributed by atoms with E-state index in [9.17, 15) is 13.2 Å². The van der Waals surface area contributed by atoms with Crippen LogP contribution in [0.15, 0.2) is 47.0 Å². The maximum atomic E-state index is 12.1. The first kappa shape index (κ1) is 15.0. The molecule has 0 radical (unpaired) electrons. The van der Waals surface area contributed by atoms with Crippen LogP contribution in [0.4, 0.5) is 13.2 Å². The van der Waals surface area contributed by atoms with Gasteiger partial charge in [0, 0.05) is 24.1 Å². The van der Waals surface area contributed by atoms with Crippen molar-refractivity contribution in [2.24, 2.45) is 4.40 Å². The molecule has 0 atom stereocenters. The van der Waals surface area contributed by atoms with Crippen LogP contribution >= 0.6 is 11.9 Å². The van der Waals surface area contributed by atoms with Crippen LogP contribution in [0.25, 0.3) is 5.57 Å². The zero-order valence-corrected chi connectivity index (χ0v) is 12.3. The highest BCUT2D eigenvalue weighted by Crippen LogP contribution is 2.28. The summed E-state index contributed by atoms with van der Waals surface area (Å²) in [6, 6.07) is 6.58. The maximum Gasteiger partial charge on any atom is 0.422 e. The highest BCUT2D eigenvalue weighted by Gasteiger charge is 2.28. The van der Waals surface area contributed by atoms with Crippen molar-refractivity contribution in [1.29, 1.82) is 0 Å². The number of hydrogen-bond acceptors (Lipinski definition) is 4. The Hall–Kier alpha value is -1.89. The average Bonchev–Trinajstić information content (AvgIpc) is 2.52. The summed E-state index contributed by atoms with van der Waals surface area (Å²) in [5.41, 5.74) is 1.85. The molecule has 0 aliphatic carbocycles. The van der Waals surface area contributed by atoms with E-state index in [2.05, 4.69) is 9.30 Å². The van der Waals surface area contributed by atoms with Crippen LogP contribution in [0, 0.1) is 0 Å². The second kappa shape index (κ2) is 6.08. The number of rotatable bonds is 3. The van der Waals surface area contributed by atoms with Crippen molar-refractivity contribution in [3.05, 3.63) is 48.2 Å². The van der Waals surface area contributed by atoms with Crippen molar-refractivity contribution in [2.75, 3.05) is 18.9 Å². The third-order valence-electron chi connectivity index (χ3n) is 3.18. The molecule has 0 unspecified atom stereocenters. The Kier molecular flexibility index (Phi) is 4.15. The fourth-order valence-corrected chi connectivity index (χ4v) is 2.89. The number of halogens is 3. The molecule has 2 heterocycles. The van der Waals surface area contributed by atoms with Gasteiger partial charge in [0.2, 0.25) is 0 Å². The predicted molar refractivity (Wildman–Crippen MR) is 81.7 cm³/mol. The van der Waals surface area contributed by atoms with E-state index in [1.54, 1.807) is 24.3 Å². The van der Waals surface area contributed by atoms with Gasteiger partial charge in [0.25, 0.3) is 0 Å². The molecule has 0 saturated heterocycles. The molecule has 2 aliphatic heterocycles. The van der Waals surface area contributed by atoms with Gasteiger partial charge in [-0.25, -0.2) is 0 Å². The molecule has 22 heavy (non-hydrogen) atoms. The van der Waals surface area contributed by atoms with Gasteiger partial charge in [-0.15, -0.1) is 0 Å². The Bertz CT molecular complexity index is 635. The number of allylic oxidation sites excluding steroid dienone is 2. The predicted octanol–water partition coefficient (Wildman–Crippen LogP) is 3.90. The third kappa shape index (κ3) is 3.47. The van der Waals surface area contributed by atoms with Gasteiger partial charge in [-0.1, -0.05) is 12.1 Å². The number of alkyl halides is 3. The molecular weight excluding hydrogens is 313 g/mol. The number of hydrogen-bond donors (Lipinski definition) is 0. The molecule has 3 rings (SSSR count). The molecule has 0 N–H and O–H groups in total. The Morgan fingerprint density at radius 1 is 1.23 bits per heavy atom. The van der Waals surface area contributed by atoms with Crippen molar-refractivity contribution in [3.8, 4) is 5.75 Å². The summed E-state index contributed by atoms with van der Waals surface area (Å²) in [5.74, 6) is 2.01. The van der Waals surface area contributed by atoms with Gasteiger partial charge in [-0.3, -0.25) is 0 Å². The largest absolute Gasteiger partial charge is 0.484 e. The SMILES string of the molecule is FC(F)(F)COc1ccc(C2=CC=CN3CCSN=C23)cc1. The van der Waals surface area contributed by atoms with Crippen LogP contribution in [-0.4, -0.2) is 35.8 Å². The fourth-order valence-electron chi connectivity index (χ4n) is 2.19. The van der Waals surface area contributed by atoms with Crippen LogP contribution in [0.2, 0.25) is 0 Å². The monoisotopic (exact) mass is 326 g/mol. The summed E-state index contributed by atoms with van der Waals surface area (Å²) < 4.78 is 45.6. The lowest BCUT2D eigenvalue weighted by molar-refractivity contribution is -0.153. The second-order valence-electron chi connectivity index (χ2n) is 4.79. The lowest BCUT2D eigenvalue weighted by Crippen LogP contribution is -2.32. The standard InChI is InChI=1S/C15H13F3N2OS/c16-15(17,18)10-21-12-5-3-11(4-6-12)13-2-1-7-20-8-9-22-19-14(13)20/h1-7H,8-10H2. The Balaban J connectivity index is 1.76. The van der Waals surface area contributed by atoms with Crippen molar-refractivity contribution in [3.63, 3.8) is 0 Å². The van der Waals surface area contributed by atoms with Gasteiger partial charge in [0.05, 0.1) is 0 Å². The number of benzene rings is 1. The van der Waals surface area contributed by atoms with Gasteiger partial charge in [-0.2, -0.15) is 17.6 Å². The molecule has 1 aromatic carbocycles. The number of nitrogens with zero attached hydrogens (tertiary/aromatic N) is 2. The van der Waals surface area contributed by atoms with E-state index < -0.39 is 12.8 Å². The molecule has 0 fully saturated rings. The maximum absolute atomic E-state index is 12.1. The van der Waals surface area contributed by atoms with Crippen LogP contribution in [0.5, 0.6) is 5.75 Å². The highest BCUT2D eigenvalue weighted by atomic mass is 32.2. The molecule has 2 aliphatic rings. The van der Waals surface area contributed by atoms with Crippen molar-refractivity contribution < 1.29 is 17.9 Å². The van der Waals surface area contributed by atoms with Crippen molar-refractivity contribution in [2.45, 2.75) is 6.18 Å². The van der Waals surface area contributed by atoms with Crippen LogP contribution < -0.4 is 4.74 Å². The number of fused-ring (bicyclic) bond motifs is 1. The lowest BCUT2D eigenvalue weighted by Gasteiger charge is -2.29. The van der Waals surface area contributed by atoms with E-state index in [0.717, 1.165) is 29.3 Å². The van der Waals surface area contributed by atoms with Crippen molar-refractivity contribution in [1.82, 2.24) is 4.90 Å². The molecule has 0 spiro atoms. The van der Waals surface area contributed by atoms with Gasteiger partial charge < -0.3 is 9.64 Å². The van der Waals surface area contributed by atoms with Crippen LogP contribution in [0.3, 0.4) is 0 Å². The summed E-state index contributed by atoms with van der Waals surface area (Å²) in [6.45, 7) is -0.390. The van der Waals surface area contributed by atoms with E-state index >= 15 is 0 Å². The van der Waals surface area contributed by atoms with E-state index in [1.165, 1.54) is 11.9 Å². The minimum atomic E-state index is -4.33. The van der Waals surface area contributed by atoms with Crippen LogP contribution in [0.1, 0.15) is 5.56 Å².